The Bertz CT molecular complexity index is 864. The molecule has 0 atom stereocenters. The minimum atomic E-state index is -3.80. The van der Waals surface area contributed by atoms with Crippen molar-refractivity contribution in [2.45, 2.75) is 32.6 Å². The van der Waals surface area contributed by atoms with E-state index in [-0.39, 0.29) is 10.5 Å². The Morgan fingerprint density at radius 1 is 0.957 bits per heavy atom. The topological polar surface area (TPSA) is 89.3 Å². The van der Waals surface area contributed by atoms with Gasteiger partial charge in [0.05, 0.1) is 10.6 Å². The molecule has 122 valence electrons. The number of nitrogens with two attached hydrogens (primary N) is 1. The van der Waals surface area contributed by atoms with Crippen molar-refractivity contribution >= 4 is 21.6 Å². The highest BCUT2D eigenvalue weighted by Crippen LogP contribution is 2.25. The van der Waals surface area contributed by atoms with Gasteiger partial charge in [0, 0.05) is 5.56 Å². The van der Waals surface area contributed by atoms with Crippen LogP contribution in [0.25, 0.3) is 0 Å². The molecule has 3 N–H and O–H groups in total. The summed E-state index contributed by atoms with van der Waals surface area (Å²) < 4.78 is 27.8. The summed E-state index contributed by atoms with van der Waals surface area (Å²) in [6.07, 6.45) is 0. The molecule has 0 aliphatic carbocycles. The zero-order chi connectivity index (χ0) is 17.4. The third-order valence-electron chi connectivity index (χ3n) is 3.70. The normalized spacial score (nSPS) is 11.3. The monoisotopic (exact) mass is 332 g/mol. The van der Waals surface area contributed by atoms with Crippen LogP contribution in [0.4, 0.5) is 5.69 Å². The van der Waals surface area contributed by atoms with E-state index in [9.17, 15) is 13.2 Å². The maximum absolute atomic E-state index is 12.6. The van der Waals surface area contributed by atoms with Crippen molar-refractivity contribution < 1.29 is 13.2 Å². The molecular weight excluding hydrogens is 312 g/mol. The van der Waals surface area contributed by atoms with Crippen LogP contribution < -0.4 is 10.5 Å². The number of benzene rings is 2. The molecule has 0 spiro atoms. The van der Waals surface area contributed by atoms with E-state index in [1.54, 1.807) is 13.0 Å². The highest BCUT2D eigenvalue weighted by atomic mass is 32.2. The van der Waals surface area contributed by atoms with Crippen LogP contribution in [0.15, 0.2) is 35.2 Å². The second-order valence-corrected chi connectivity index (χ2v) is 7.40. The summed E-state index contributed by atoms with van der Waals surface area (Å²) in [6.45, 7) is 7.36. The van der Waals surface area contributed by atoms with E-state index in [1.165, 1.54) is 12.1 Å². The number of carbonyl (C=O) groups is 1. The Kier molecular flexibility index (Phi) is 4.47. The fraction of sp³-hybridized carbons (Fsp3) is 0.235. The Balaban J connectivity index is 2.48. The van der Waals surface area contributed by atoms with Gasteiger partial charge in [-0.1, -0.05) is 23.8 Å². The van der Waals surface area contributed by atoms with E-state index in [1.807, 2.05) is 32.9 Å². The molecule has 0 heterocycles. The van der Waals surface area contributed by atoms with Gasteiger partial charge in [-0.05, 0) is 56.5 Å². The van der Waals surface area contributed by atoms with E-state index < -0.39 is 15.9 Å². The number of anilines is 1. The lowest BCUT2D eigenvalue weighted by atomic mass is 10.1. The van der Waals surface area contributed by atoms with Gasteiger partial charge in [-0.25, -0.2) is 8.42 Å². The second-order valence-electron chi connectivity index (χ2n) is 5.72. The molecule has 1 amide bonds. The lowest BCUT2D eigenvalue weighted by Crippen LogP contribution is -2.17. The maximum Gasteiger partial charge on any atom is 0.261 e. The SMILES string of the molecule is Cc1cc(C)c(NS(=O)(=O)c2ccc(C)c(C(N)=O)c2)c(C)c1. The van der Waals surface area contributed by atoms with E-state index in [4.69, 9.17) is 5.73 Å². The molecule has 0 saturated heterocycles. The first-order chi connectivity index (χ1) is 10.6. The molecule has 2 aromatic carbocycles. The number of aryl methyl sites for hydroxylation is 4. The van der Waals surface area contributed by atoms with Gasteiger partial charge in [-0.2, -0.15) is 0 Å². The fourth-order valence-electron chi connectivity index (χ4n) is 2.57. The van der Waals surface area contributed by atoms with Crippen LogP contribution in [0.2, 0.25) is 0 Å². The van der Waals surface area contributed by atoms with Crippen molar-refractivity contribution in [2.75, 3.05) is 4.72 Å². The number of nitrogens with one attached hydrogen (secondary N) is 1. The van der Waals surface area contributed by atoms with Crippen LogP contribution in [0.5, 0.6) is 0 Å². The van der Waals surface area contributed by atoms with E-state index in [0.29, 0.717) is 11.3 Å². The van der Waals surface area contributed by atoms with Gasteiger partial charge in [-0.15, -0.1) is 0 Å². The van der Waals surface area contributed by atoms with Gasteiger partial charge in [0.25, 0.3) is 10.0 Å². The fourth-order valence-corrected chi connectivity index (χ4v) is 3.80. The minimum Gasteiger partial charge on any atom is -0.366 e. The molecule has 6 heteroatoms. The molecule has 0 fully saturated rings. The highest BCUT2D eigenvalue weighted by molar-refractivity contribution is 7.92. The van der Waals surface area contributed by atoms with Gasteiger partial charge in [0.2, 0.25) is 5.91 Å². The van der Waals surface area contributed by atoms with Crippen LogP contribution >= 0.6 is 0 Å². The summed E-state index contributed by atoms with van der Waals surface area (Å²) in [7, 11) is -3.80. The number of amides is 1. The molecule has 0 radical (unpaired) electrons. The second kappa shape index (κ2) is 6.04. The third kappa shape index (κ3) is 3.53. The molecule has 2 aromatic rings. The Labute approximate surface area is 136 Å². The van der Waals surface area contributed by atoms with Crippen LogP contribution in [-0.4, -0.2) is 14.3 Å². The van der Waals surface area contributed by atoms with Crippen molar-refractivity contribution in [2.24, 2.45) is 5.73 Å². The molecule has 0 unspecified atom stereocenters. The molecule has 0 aliphatic heterocycles. The van der Waals surface area contributed by atoms with Crippen molar-refractivity contribution in [1.82, 2.24) is 0 Å². The van der Waals surface area contributed by atoms with Gasteiger partial charge in [0.1, 0.15) is 0 Å². The summed E-state index contributed by atoms with van der Waals surface area (Å²) in [5.74, 6) is -0.651. The molecule has 0 bridgehead atoms. The van der Waals surface area contributed by atoms with Crippen LogP contribution in [0.1, 0.15) is 32.6 Å². The summed E-state index contributed by atoms with van der Waals surface area (Å²) in [4.78, 5) is 11.4. The Morgan fingerprint density at radius 2 is 1.52 bits per heavy atom. The molecule has 0 aliphatic rings. The summed E-state index contributed by atoms with van der Waals surface area (Å²) in [6, 6.07) is 8.16. The predicted octanol–water partition coefficient (Wildman–Crippen LogP) is 2.82. The number of hydrogen-bond acceptors (Lipinski definition) is 3. The quantitative estimate of drug-likeness (QED) is 0.902. The lowest BCUT2D eigenvalue weighted by Gasteiger charge is -2.15. The third-order valence-corrected chi connectivity index (χ3v) is 5.05. The zero-order valence-electron chi connectivity index (χ0n) is 13.6. The molecule has 2 rings (SSSR count). The largest absolute Gasteiger partial charge is 0.366 e. The summed E-state index contributed by atoms with van der Waals surface area (Å²) in [5.41, 5.74) is 9.43. The van der Waals surface area contributed by atoms with Gasteiger partial charge in [0.15, 0.2) is 0 Å². The molecule has 5 nitrogen and oxygen atoms in total. The highest BCUT2D eigenvalue weighted by Gasteiger charge is 2.19. The van der Waals surface area contributed by atoms with Crippen molar-refractivity contribution in [1.29, 1.82) is 0 Å². The summed E-state index contributed by atoms with van der Waals surface area (Å²) >= 11 is 0. The maximum atomic E-state index is 12.6. The number of rotatable bonds is 4. The van der Waals surface area contributed by atoms with Crippen LogP contribution in [-0.2, 0) is 10.0 Å². The number of primary amides is 1. The van der Waals surface area contributed by atoms with Crippen molar-refractivity contribution in [3.05, 3.63) is 58.1 Å². The predicted molar refractivity (Wildman–Crippen MR) is 91.2 cm³/mol. The van der Waals surface area contributed by atoms with Crippen molar-refractivity contribution in [3.8, 4) is 0 Å². The smallest absolute Gasteiger partial charge is 0.261 e. The van der Waals surface area contributed by atoms with Gasteiger partial charge in [-0.3, -0.25) is 9.52 Å². The lowest BCUT2D eigenvalue weighted by molar-refractivity contribution is 0.0999. The van der Waals surface area contributed by atoms with Gasteiger partial charge < -0.3 is 5.73 Å². The molecular formula is C17H20N2O3S. The molecule has 23 heavy (non-hydrogen) atoms. The number of hydrogen-bond donors (Lipinski definition) is 2. The minimum absolute atomic E-state index is 0.0104. The zero-order valence-corrected chi connectivity index (χ0v) is 14.4. The molecule has 0 aromatic heterocycles. The first-order valence-corrected chi connectivity index (χ1v) is 8.61. The molecule has 0 saturated carbocycles. The van der Waals surface area contributed by atoms with E-state index in [2.05, 4.69) is 4.72 Å². The van der Waals surface area contributed by atoms with E-state index >= 15 is 0 Å². The standard InChI is InChI=1S/C17H20N2O3S/c1-10-7-12(3)16(13(4)8-10)19-23(21,22)14-6-5-11(2)15(9-14)17(18)20/h5-9,19H,1-4H3,(H2,18,20). The van der Waals surface area contributed by atoms with Crippen LogP contribution in [0.3, 0.4) is 0 Å². The Hall–Kier alpha value is -2.34. The number of sulfonamides is 1. The first-order valence-electron chi connectivity index (χ1n) is 7.13. The summed E-state index contributed by atoms with van der Waals surface area (Å²) in [5, 5.41) is 0. The van der Waals surface area contributed by atoms with Crippen molar-refractivity contribution in [3.63, 3.8) is 0 Å². The Morgan fingerprint density at radius 3 is 2.04 bits per heavy atom. The average molecular weight is 332 g/mol. The number of carbonyl (C=O) groups excluding carboxylic acids is 1. The first kappa shape index (κ1) is 17.0. The van der Waals surface area contributed by atoms with E-state index in [0.717, 1.165) is 16.7 Å². The van der Waals surface area contributed by atoms with Gasteiger partial charge >= 0.3 is 0 Å². The average Bonchev–Trinajstić information content (AvgIpc) is 2.42. The van der Waals surface area contributed by atoms with Crippen LogP contribution in [0, 0.1) is 27.7 Å².